The molecule has 4 aromatic rings. The van der Waals surface area contributed by atoms with Gasteiger partial charge in [-0.1, -0.05) is 138 Å². The summed E-state index contributed by atoms with van der Waals surface area (Å²) < 4.78 is 27.9. The number of carboxylic acid groups (broad SMARTS) is 1. The molecule has 498 valence electrons. The van der Waals surface area contributed by atoms with Crippen LogP contribution in [0.5, 0.6) is 23.0 Å². The fourth-order valence-electron chi connectivity index (χ4n) is 11.2. The molecule has 18 heteroatoms. The van der Waals surface area contributed by atoms with Crippen molar-refractivity contribution in [2.45, 2.75) is 228 Å². The van der Waals surface area contributed by atoms with E-state index in [1.807, 2.05) is 48.5 Å². The zero-order valence-electron chi connectivity index (χ0n) is 55.7. The normalized spacial score (nSPS) is 11.7. The average Bonchev–Trinajstić information content (AvgIpc) is 0.813. The van der Waals surface area contributed by atoms with Crippen molar-refractivity contribution in [3.63, 3.8) is 0 Å². The van der Waals surface area contributed by atoms with Gasteiger partial charge in [-0.3, -0.25) is 4.79 Å². The Kier molecular flexibility index (Phi) is 34.7. The number of ether oxygens (including phenoxy) is 4. The van der Waals surface area contributed by atoms with Crippen molar-refractivity contribution in [1.82, 2.24) is 21.3 Å². The Bertz CT molecular complexity index is 2710. The van der Waals surface area contributed by atoms with Gasteiger partial charge in [0.25, 0.3) is 0 Å². The molecule has 8 amide bonds. The molecule has 9 N–H and O–H groups in total. The number of urea groups is 4. The molecule has 0 radical (unpaired) electrons. The number of nitrogens with one attached hydrogen (secondary N) is 8. The number of anilines is 4. The summed E-state index contributed by atoms with van der Waals surface area (Å²) in [5.74, 6) is 1.81. The fourth-order valence-corrected chi connectivity index (χ4v) is 11.2. The Labute approximate surface area is 538 Å². The zero-order valence-corrected chi connectivity index (χ0v) is 55.7. The molecule has 0 aliphatic heterocycles. The van der Waals surface area contributed by atoms with E-state index in [2.05, 4.69) is 91.0 Å². The van der Waals surface area contributed by atoms with Crippen molar-refractivity contribution in [2.24, 2.45) is 0 Å². The van der Waals surface area contributed by atoms with Crippen molar-refractivity contribution < 1.29 is 48.0 Å². The molecule has 0 atom stereocenters. The van der Waals surface area contributed by atoms with Crippen molar-refractivity contribution in [3.05, 3.63) is 93.0 Å². The van der Waals surface area contributed by atoms with Crippen LogP contribution in [0, 0.1) is 0 Å². The fraction of sp³-hybridized carbons (Fsp3) is 0.597. The van der Waals surface area contributed by atoms with Crippen molar-refractivity contribution in [3.8, 4) is 23.0 Å². The molecular weight excluding hydrogens is 1140 g/mol. The molecule has 18 nitrogen and oxygen atoms in total. The van der Waals surface area contributed by atoms with E-state index in [0.717, 1.165) is 173 Å². The molecule has 8 bridgehead atoms. The first-order chi connectivity index (χ1) is 43.8. The topological polar surface area (TPSA) is 239 Å². The van der Waals surface area contributed by atoms with Crippen LogP contribution in [0.1, 0.15) is 247 Å². The first-order valence-electron chi connectivity index (χ1n) is 34.4. The second kappa shape index (κ2) is 42.6. The van der Waals surface area contributed by atoms with E-state index in [9.17, 15) is 24.0 Å². The van der Waals surface area contributed by atoms with Gasteiger partial charge in [0.15, 0.2) is 0 Å². The monoisotopic (exact) mass is 1250 g/mol. The van der Waals surface area contributed by atoms with Gasteiger partial charge in [-0.2, -0.15) is 0 Å². The Morgan fingerprint density at radius 1 is 0.311 bits per heavy atom. The number of hydrogen-bond donors (Lipinski definition) is 9. The number of unbranched alkanes of at least 4 members (excludes halogenated alkanes) is 15. The summed E-state index contributed by atoms with van der Waals surface area (Å²) in [4.78, 5) is 66.7. The molecule has 0 unspecified atom stereocenters. The third-order valence-electron chi connectivity index (χ3n) is 15.7. The molecule has 0 saturated carbocycles. The minimum atomic E-state index is -0.752. The lowest BCUT2D eigenvalue weighted by Crippen LogP contribution is -2.29. The van der Waals surface area contributed by atoms with Crippen LogP contribution in [0.15, 0.2) is 48.5 Å². The number of aliphatic carboxylic acids is 1. The molecule has 90 heavy (non-hydrogen) atoms. The smallest absolute Gasteiger partial charge is 0.319 e. The molecule has 5 rings (SSSR count). The number of hydrogen-bond acceptors (Lipinski definition) is 9. The van der Waals surface area contributed by atoms with Gasteiger partial charge >= 0.3 is 30.1 Å². The van der Waals surface area contributed by atoms with Gasteiger partial charge < -0.3 is 66.6 Å². The van der Waals surface area contributed by atoms with Gasteiger partial charge in [0.2, 0.25) is 0 Å². The summed E-state index contributed by atoms with van der Waals surface area (Å²) in [5.41, 5.74) is 8.44. The first kappa shape index (κ1) is 73.4. The standard InChI is InChI=1S/C72H110N8O10/c1-8-15-26-32-73-69(83)77-60-44-52-40-54-46-61(78-70(84)74-33-27-16-9-2)48-56(66(54)88-37-13-6)42-58-50-63(80-72(86)76-35-29-18-11-4)51-59(68(58)90-39-30-24-22-20-19-21-23-25-31-64(81)82)43-57-49-62(79-71(85)75-34-28-17-10-3)47-55(67(57)89-38-14-7)41-53(45-60)65(52)87-36-12-5/h44-51H,8-43H2,1-7H3,(H,81,82)(H2,73,77,83)(H2,74,78,84)(H2,75,79,85)(H2,76,80,86). The highest BCUT2D eigenvalue weighted by atomic mass is 16.5. The number of carbonyl (C=O) groups is 5. The third-order valence-corrected chi connectivity index (χ3v) is 15.7. The number of rotatable bonds is 41. The van der Waals surface area contributed by atoms with Crippen LogP contribution in [-0.4, -0.2) is 87.8 Å². The molecule has 1 aliphatic rings. The van der Waals surface area contributed by atoms with E-state index in [1.165, 1.54) is 0 Å². The van der Waals surface area contributed by atoms with E-state index in [-0.39, 0.29) is 56.2 Å². The first-order valence-corrected chi connectivity index (χ1v) is 34.4. The largest absolute Gasteiger partial charge is 0.493 e. The molecule has 0 fully saturated rings. The highest BCUT2D eigenvalue weighted by Crippen LogP contribution is 2.43. The van der Waals surface area contributed by atoms with E-state index in [4.69, 9.17) is 24.1 Å². The van der Waals surface area contributed by atoms with Crippen LogP contribution < -0.4 is 61.5 Å². The average molecular weight is 1250 g/mol. The zero-order chi connectivity index (χ0) is 64.7. The number of amides is 8. The number of carbonyl (C=O) groups excluding carboxylic acids is 4. The maximum Gasteiger partial charge on any atom is 0.319 e. The Balaban J connectivity index is 1.84. The van der Waals surface area contributed by atoms with Gasteiger partial charge in [0.1, 0.15) is 23.0 Å². The summed E-state index contributed by atoms with van der Waals surface area (Å²) in [6.45, 7) is 18.4. The van der Waals surface area contributed by atoms with Crippen molar-refractivity contribution >= 4 is 52.8 Å². The van der Waals surface area contributed by atoms with Gasteiger partial charge in [0.05, 0.1) is 26.4 Å². The second-order valence-corrected chi connectivity index (χ2v) is 23.9. The molecule has 1 aliphatic carbocycles. The van der Waals surface area contributed by atoms with Crippen LogP contribution in [-0.2, 0) is 30.5 Å². The van der Waals surface area contributed by atoms with Gasteiger partial charge in [-0.15, -0.1) is 0 Å². The van der Waals surface area contributed by atoms with Crippen molar-refractivity contribution in [1.29, 1.82) is 0 Å². The highest BCUT2D eigenvalue weighted by molar-refractivity contribution is 5.92. The summed E-state index contributed by atoms with van der Waals surface area (Å²) >= 11 is 0. The third kappa shape index (κ3) is 26.6. The Morgan fingerprint density at radius 2 is 0.544 bits per heavy atom. The summed E-state index contributed by atoms with van der Waals surface area (Å²) in [7, 11) is 0. The van der Waals surface area contributed by atoms with Crippen LogP contribution >= 0.6 is 0 Å². The van der Waals surface area contributed by atoms with Crippen LogP contribution in [0.4, 0.5) is 41.9 Å². The lowest BCUT2D eigenvalue weighted by atomic mass is 9.90. The van der Waals surface area contributed by atoms with Crippen LogP contribution in [0.3, 0.4) is 0 Å². The maximum absolute atomic E-state index is 13.9. The summed E-state index contributed by atoms with van der Waals surface area (Å²) in [5, 5.41) is 34.1. The van der Waals surface area contributed by atoms with Gasteiger partial charge in [0, 0.05) is 126 Å². The maximum atomic E-state index is 13.9. The molecule has 0 saturated heterocycles. The van der Waals surface area contributed by atoms with Crippen LogP contribution in [0.2, 0.25) is 0 Å². The quantitative estimate of drug-likeness (QED) is 0.0168. The van der Waals surface area contributed by atoms with Gasteiger partial charge in [-0.05, 0) is 106 Å². The SMILES string of the molecule is CCCCCNC(=O)Nc1cc2c(OCCC)c(c1)Cc1cc(NC(=O)NCCCCC)cc(c1OCCC)Cc1cc(NC(=O)NCCCCC)cc(c1OCCCCCCCCCCC(=O)O)Cc1cc(NC(=O)NCCCCC)cc(c1OCCC)C2. The van der Waals surface area contributed by atoms with E-state index < -0.39 is 5.97 Å². The number of benzene rings is 4. The predicted octanol–water partition coefficient (Wildman–Crippen LogP) is 17.0. The minimum Gasteiger partial charge on any atom is -0.493 e. The van der Waals surface area contributed by atoms with E-state index in [1.54, 1.807) is 0 Å². The molecular formula is C72H110N8O10. The molecule has 0 heterocycles. The molecule has 4 aromatic carbocycles. The summed E-state index contributed by atoms with van der Waals surface area (Å²) in [6.07, 6.45) is 22.2. The van der Waals surface area contributed by atoms with E-state index >= 15 is 0 Å². The van der Waals surface area contributed by atoms with Crippen LogP contribution in [0.25, 0.3) is 0 Å². The molecule has 0 spiro atoms. The van der Waals surface area contributed by atoms with E-state index in [0.29, 0.717) is 118 Å². The Hall–Kier alpha value is -7.37. The van der Waals surface area contributed by atoms with Gasteiger partial charge in [-0.25, -0.2) is 19.2 Å². The minimum absolute atomic E-state index is 0.203. The predicted molar refractivity (Wildman–Crippen MR) is 365 cm³/mol. The second-order valence-electron chi connectivity index (χ2n) is 23.9. The lowest BCUT2D eigenvalue weighted by Gasteiger charge is -2.25. The number of carboxylic acids is 1. The number of fused-ring (bicyclic) bond motifs is 8. The summed E-state index contributed by atoms with van der Waals surface area (Å²) in [6, 6.07) is 14.5. The highest BCUT2D eigenvalue weighted by Gasteiger charge is 2.26. The van der Waals surface area contributed by atoms with Crippen molar-refractivity contribution in [2.75, 3.05) is 73.9 Å². The lowest BCUT2D eigenvalue weighted by molar-refractivity contribution is -0.137. The Morgan fingerprint density at radius 3 is 0.778 bits per heavy atom. The molecule has 0 aromatic heterocycles.